The molecular formula is C8H10N2O5. The molecule has 0 spiro atoms. The summed E-state index contributed by atoms with van der Waals surface area (Å²) in [5, 5.41) is 22.7. The van der Waals surface area contributed by atoms with Crippen LogP contribution in [-0.2, 0) is 4.79 Å². The number of nitrogens with zero attached hydrogens (tertiary/aromatic N) is 2. The standard InChI is InChI=1S/C8H10N2O5/c1-4(3-6(11)12)8-7(10(13)14)5(2)9-15-8/h4H,3H2,1-2H3,(H,11,12). The number of aryl methyl sites for hydroxylation is 1. The first-order valence-electron chi connectivity index (χ1n) is 4.25. The van der Waals surface area contributed by atoms with Gasteiger partial charge in [0.15, 0.2) is 5.69 Å². The van der Waals surface area contributed by atoms with Gasteiger partial charge in [0.25, 0.3) is 0 Å². The quantitative estimate of drug-likeness (QED) is 0.600. The van der Waals surface area contributed by atoms with E-state index in [-0.39, 0.29) is 23.6 Å². The lowest BCUT2D eigenvalue weighted by molar-refractivity contribution is -0.386. The molecule has 0 radical (unpaired) electrons. The smallest absolute Gasteiger partial charge is 0.334 e. The van der Waals surface area contributed by atoms with E-state index >= 15 is 0 Å². The van der Waals surface area contributed by atoms with Gasteiger partial charge in [-0.2, -0.15) is 0 Å². The van der Waals surface area contributed by atoms with Crippen LogP contribution in [0.3, 0.4) is 0 Å². The maximum atomic E-state index is 10.7. The molecule has 0 fully saturated rings. The van der Waals surface area contributed by atoms with Crippen molar-refractivity contribution in [2.75, 3.05) is 0 Å². The maximum Gasteiger partial charge on any atom is 0.334 e. The van der Waals surface area contributed by atoms with E-state index < -0.39 is 16.8 Å². The number of aromatic nitrogens is 1. The Bertz CT molecular complexity index is 398. The van der Waals surface area contributed by atoms with Crippen molar-refractivity contribution < 1.29 is 19.3 Å². The highest BCUT2D eigenvalue weighted by atomic mass is 16.6. The molecule has 15 heavy (non-hydrogen) atoms. The monoisotopic (exact) mass is 214 g/mol. The van der Waals surface area contributed by atoms with Crippen molar-refractivity contribution in [3.63, 3.8) is 0 Å². The third-order valence-electron chi connectivity index (χ3n) is 1.97. The first-order chi connectivity index (χ1) is 6.93. The number of carbonyl (C=O) groups is 1. The molecule has 0 aliphatic carbocycles. The molecule has 7 nitrogen and oxygen atoms in total. The Morgan fingerprint density at radius 2 is 2.33 bits per heavy atom. The van der Waals surface area contributed by atoms with Gasteiger partial charge >= 0.3 is 11.7 Å². The Balaban J connectivity index is 3.03. The molecule has 1 rings (SSSR count). The molecule has 0 saturated carbocycles. The summed E-state index contributed by atoms with van der Waals surface area (Å²) in [6.45, 7) is 2.99. The molecule has 1 aromatic heterocycles. The van der Waals surface area contributed by atoms with Crippen molar-refractivity contribution in [1.29, 1.82) is 0 Å². The summed E-state index contributed by atoms with van der Waals surface area (Å²) < 4.78 is 4.76. The van der Waals surface area contributed by atoms with Crippen LogP contribution in [0.2, 0.25) is 0 Å². The van der Waals surface area contributed by atoms with Crippen molar-refractivity contribution in [1.82, 2.24) is 5.16 Å². The molecule has 1 unspecified atom stereocenters. The van der Waals surface area contributed by atoms with Gasteiger partial charge in [0.1, 0.15) is 0 Å². The van der Waals surface area contributed by atoms with Gasteiger partial charge in [-0.05, 0) is 6.92 Å². The predicted octanol–water partition coefficient (Wildman–Crippen LogP) is 1.47. The Labute approximate surface area is 84.8 Å². The van der Waals surface area contributed by atoms with Gasteiger partial charge < -0.3 is 9.63 Å². The fourth-order valence-corrected chi connectivity index (χ4v) is 1.28. The number of carboxylic acids is 1. The van der Waals surface area contributed by atoms with Crippen molar-refractivity contribution in [2.24, 2.45) is 0 Å². The minimum atomic E-state index is -1.04. The molecule has 0 aromatic carbocycles. The Hall–Kier alpha value is -1.92. The number of hydrogen-bond acceptors (Lipinski definition) is 5. The van der Waals surface area contributed by atoms with Gasteiger partial charge in [-0.3, -0.25) is 14.9 Å². The molecule has 1 heterocycles. The topological polar surface area (TPSA) is 106 Å². The average Bonchev–Trinajstić information content (AvgIpc) is 2.45. The lowest BCUT2D eigenvalue weighted by atomic mass is 10.0. The summed E-state index contributed by atoms with van der Waals surface area (Å²) in [6.07, 6.45) is -0.227. The second-order valence-electron chi connectivity index (χ2n) is 3.24. The molecule has 82 valence electrons. The Morgan fingerprint density at radius 1 is 1.73 bits per heavy atom. The van der Waals surface area contributed by atoms with E-state index in [2.05, 4.69) is 5.16 Å². The van der Waals surface area contributed by atoms with Crippen molar-refractivity contribution >= 4 is 11.7 Å². The van der Waals surface area contributed by atoms with Gasteiger partial charge in [-0.1, -0.05) is 12.1 Å². The normalized spacial score (nSPS) is 12.4. The minimum Gasteiger partial charge on any atom is -0.481 e. The molecule has 7 heteroatoms. The number of hydrogen-bond donors (Lipinski definition) is 1. The van der Waals surface area contributed by atoms with Crippen LogP contribution >= 0.6 is 0 Å². The summed E-state index contributed by atoms with van der Waals surface area (Å²) in [5.74, 6) is -1.59. The lowest BCUT2D eigenvalue weighted by Gasteiger charge is -2.02. The molecule has 1 atom stereocenters. The second-order valence-corrected chi connectivity index (χ2v) is 3.24. The molecule has 0 aliphatic rings. The van der Waals surface area contributed by atoms with Gasteiger partial charge in [-0.15, -0.1) is 0 Å². The van der Waals surface area contributed by atoms with Crippen molar-refractivity contribution in [3.8, 4) is 0 Å². The number of aliphatic carboxylic acids is 1. The number of rotatable bonds is 4. The van der Waals surface area contributed by atoms with E-state index in [1.54, 1.807) is 6.92 Å². The first kappa shape index (κ1) is 11.2. The van der Waals surface area contributed by atoms with Gasteiger partial charge in [0.2, 0.25) is 5.76 Å². The summed E-state index contributed by atoms with van der Waals surface area (Å²) >= 11 is 0. The molecule has 1 aromatic rings. The van der Waals surface area contributed by atoms with Crippen LogP contribution in [0.5, 0.6) is 0 Å². The molecule has 0 aliphatic heterocycles. The van der Waals surface area contributed by atoms with Gasteiger partial charge in [-0.25, -0.2) is 0 Å². The molecule has 0 saturated heterocycles. The molecular weight excluding hydrogens is 204 g/mol. The summed E-state index contributed by atoms with van der Waals surface area (Å²) in [5.41, 5.74) is -0.0732. The highest BCUT2D eigenvalue weighted by Crippen LogP contribution is 2.31. The first-order valence-corrected chi connectivity index (χ1v) is 4.25. The maximum absolute atomic E-state index is 10.7. The summed E-state index contributed by atoms with van der Waals surface area (Å²) in [6, 6.07) is 0. The molecule has 0 amide bonds. The van der Waals surface area contributed by atoms with E-state index in [1.807, 2.05) is 0 Å². The Morgan fingerprint density at radius 3 is 2.80 bits per heavy atom. The SMILES string of the molecule is Cc1noc(C(C)CC(=O)O)c1[N+](=O)[O-]. The zero-order valence-corrected chi connectivity index (χ0v) is 8.26. The van der Waals surface area contributed by atoms with E-state index in [4.69, 9.17) is 9.63 Å². The molecule has 1 N–H and O–H groups in total. The third kappa shape index (κ3) is 2.30. The number of carboxylic acid groups (broad SMARTS) is 1. The fourth-order valence-electron chi connectivity index (χ4n) is 1.28. The summed E-state index contributed by atoms with van der Waals surface area (Å²) in [4.78, 5) is 20.5. The Kier molecular flexibility index (Phi) is 3.03. The van der Waals surface area contributed by atoms with Gasteiger partial charge in [0.05, 0.1) is 11.3 Å². The van der Waals surface area contributed by atoms with E-state index in [9.17, 15) is 14.9 Å². The third-order valence-corrected chi connectivity index (χ3v) is 1.97. The minimum absolute atomic E-state index is 0.0138. The zero-order chi connectivity index (χ0) is 11.6. The second kappa shape index (κ2) is 4.07. The van der Waals surface area contributed by atoms with Crippen LogP contribution in [0, 0.1) is 17.0 Å². The van der Waals surface area contributed by atoms with Crippen molar-refractivity contribution in [2.45, 2.75) is 26.2 Å². The predicted molar refractivity (Wildman–Crippen MR) is 48.6 cm³/mol. The van der Waals surface area contributed by atoms with Crippen LogP contribution in [-0.4, -0.2) is 21.2 Å². The number of nitro groups is 1. The van der Waals surface area contributed by atoms with E-state index in [1.165, 1.54) is 6.92 Å². The lowest BCUT2D eigenvalue weighted by Crippen LogP contribution is -2.04. The van der Waals surface area contributed by atoms with Crippen LogP contribution in [0.15, 0.2) is 4.52 Å². The van der Waals surface area contributed by atoms with Gasteiger partial charge in [0, 0.05) is 5.92 Å². The zero-order valence-electron chi connectivity index (χ0n) is 8.26. The highest BCUT2D eigenvalue weighted by molar-refractivity contribution is 5.68. The van der Waals surface area contributed by atoms with Crippen molar-refractivity contribution in [3.05, 3.63) is 21.6 Å². The van der Waals surface area contributed by atoms with E-state index in [0.29, 0.717) is 0 Å². The summed E-state index contributed by atoms with van der Waals surface area (Å²) in [7, 11) is 0. The van der Waals surface area contributed by atoms with Crippen LogP contribution < -0.4 is 0 Å². The fraction of sp³-hybridized carbons (Fsp3) is 0.500. The van der Waals surface area contributed by atoms with Crippen LogP contribution in [0.1, 0.15) is 30.7 Å². The highest BCUT2D eigenvalue weighted by Gasteiger charge is 2.29. The molecule has 0 bridgehead atoms. The largest absolute Gasteiger partial charge is 0.481 e. The van der Waals surface area contributed by atoms with Crippen LogP contribution in [0.4, 0.5) is 5.69 Å². The average molecular weight is 214 g/mol. The van der Waals surface area contributed by atoms with E-state index in [0.717, 1.165) is 0 Å². The van der Waals surface area contributed by atoms with Crippen LogP contribution in [0.25, 0.3) is 0 Å².